The summed E-state index contributed by atoms with van der Waals surface area (Å²) in [7, 11) is 0. The zero-order valence-corrected chi connectivity index (χ0v) is 9.63. The summed E-state index contributed by atoms with van der Waals surface area (Å²) in [6.07, 6.45) is 0. The Morgan fingerprint density at radius 3 is 2.61 bits per heavy atom. The van der Waals surface area contributed by atoms with Gasteiger partial charge in [-0.1, -0.05) is 30.3 Å². The molecule has 0 fully saturated rings. The molecule has 0 aromatic heterocycles. The fourth-order valence-electron chi connectivity index (χ4n) is 1.69. The minimum atomic E-state index is -0.914. The normalized spacial score (nSPS) is 10.0. The van der Waals surface area contributed by atoms with Gasteiger partial charge in [-0.25, -0.2) is 0 Å². The summed E-state index contributed by atoms with van der Waals surface area (Å²) in [5.74, 6) is -0.712. The maximum atomic E-state index is 10.5. The van der Waals surface area contributed by atoms with Crippen LogP contribution in [0.1, 0.15) is 0 Å². The van der Waals surface area contributed by atoms with Crippen LogP contribution in [0.2, 0.25) is 0 Å². The predicted molar refractivity (Wildman–Crippen MR) is 69.7 cm³/mol. The van der Waals surface area contributed by atoms with Crippen molar-refractivity contribution in [1.29, 1.82) is 0 Å². The lowest BCUT2D eigenvalue weighted by atomic mass is 10.0. The van der Waals surface area contributed by atoms with Crippen molar-refractivity contribution in [1.82, 2.24) is 0 Å². The molecule has 0 amide bonds. The summed E-state index contributed by atoms with van der Waals surface area (Å²) in [5, 5.41) is 21.2. The Hall–Kier alpha value is -2.49. The maximum Gasteiger partial charge on any atom is 0.322 e. The number of nitrogens with one attached hydrogen (secondary N) is 1. The van der Waals surface area contributed by atoms with Crippen LogP contribution in [0.3, 0.4) is 0 Å². The van der Waals surface area contributed by atoms with Crippen LogP contribution in [-0.4, -0.2) is 22.7 Å². The van der Waals surface area contributed by atoms with E-state index in [-0.39, 0.29) is 12.3 Å². The number of carboxylic acids is 1. The number of aromatic hydroxyl groups is 1. The maximum absolute atomic E-state index is 10.5. The third kappa shape index (κ3) is 2.79. The number of hydrogen-bond donors (Lipinski definition) is 3. The van der Waals surface area contributed by atoms with E-state index in [2.05, 4.69) is 5.32 Å². The number of carboxylic acid groups (broad SMARTS) is 1. The van der Waals surface area contributed by atoms with Crippen LogP contribution in [0, 0.1) is 0 Å². The minimum Gasteiger partial charge on any atom is -0.507 e. The Morgan fingerprint density at radius 2 is 1.89 bits per heavy atom. The van der Waals surface area contributed by atoms with Crippen molar-refractivity contribution >= 4 is 11.7 Å². The molecule has 0 unspecified atom stereocenters. The molecule has 2 aromatic rings. The van der Waals surface area contributed by atoms with Crippen LogP contribution in [0.5, 0.6) is 5.75 Å². The fraction of sp³-hybridized carbons (Fsp3) is 0.0714. The van der Waals surface area contributed by atoms with E-state index in [4.69, 9.17) is 5.11 Å². The molecule has 92 valence electrons. The van der Waals surface area contributed by atoms with Crippen LogP contribution in [-0.2, 0) is 4.79 Å². The standard InChI is InChI=1S/C14H13NO3/c16-13-7-2-1-6-12(13)10-4-3-5-11(8-10)15-9-14(17)18/h1-8,15-16H,9H2,(H,17,18). The molecule has 0 atom stereocenters. The monoisotopic (exact) mass is 243 g/mol. The van der Waals surface area contributed by atoms with Crippen molar-refractivity contribution in [2.24, 2.45) is 0 Å². The summed E-state index contributed by atoms with van der Waals surface area (Å²) in [5.41, 5.74) is 2.26. The lowest BCUT2D eigenvalue weighted by Crippen LogP contribution is -2.12. The van der Waals surface area contributed by atoms with Crippen molar-refractivity contribution in [3.63, 3.8) is 0 Å². The first-order chi connectivity index (χ1) is 8.66. The number of phenols is 1. The van der Waals surface area contributed by atoms with E-state index < -0.39 is 5.97 Å². The van der Waals surface area contributed by atoms with Gasteiger partial charge in [-0.05, 0) is 23.8 Å². The zero-order valence-electron chi connectivity index (χ0n) is 9.63. The molecule has 2 rings (SSSR count). The molecule has 4 heteroatoms. The van der Waals surface area contributed by atoms with Crippen molar-refractivity contribution in [2.75, 3.05) is 11.9 Å². The lowest BCUT2D eigenvalue weighted by molar-refractivity contribution is -0.134. The van der Waals surface area contributed by atoms with Crippen LogP contribution in [0.4, 0.5) is 5.69 Å². The number of carbonyl (C=O) groups is 1. The summed E-state index contributed by atoms with van der Waals surface area (Å²) < 4.78 is 0. The molecule has 2 aromatic carbocycles. The number of benzene rings is 2. The summed E-state index contributed by atoms with van der Waals surface area (Å²) in [6.45, 7) is -0.135. The molecule has 0 saturated carbocycles. The van der Waals surface area contributed by atoms with Gasteiger partial charge in [-0.15, -0.1) is 0 Å². The molecule has 0 aliphatic heterocycles. The average molecular weight is 243 g/mol. The van der Waals surface area contributed by atoms with Gasteiger partial charge in [-0.3, -0.25) is 4.79 Å². The van der Waals surface area contributed by atoms with Crippen LogP contribution in [0.15, 0.2) is 48.5 Å². The number of aliphatic carboxylic acids is 1. The van der Waals surface area contributed by atoms with Gasteiger partial charge in [0.15, 0.2) is 0 Å². The summed E-state index contributed by atoms with van der Waals surface area (Å²) in [4.78, 5) is 10.5. The Balaban J connectivity index is 2.27. The van der Waals surface area contributed by atoms with Crippen molar-refractivity contribution in [3.05, 3.63) is 48.5 Å². The molecule has 0 bridgehead atoms. The SMILES string of the molecule is O=C(O)CNc1cccc(-c2ccccc2O)c1. The van der Waals surface area contributed by atoms with Gasteiger partial charge in [0.25, 0.3) is 0 Å². The van der Waals surface area contributed by atoms with Crippen LogP contribution < -0.4 is 5.32 Å². The fourth-order valence-corrected chi connectivity index (χ4v) is 1.69. The highest BCUT2D eigenvalue weighted by Gasteiger charge is 2.04. The lowest BCUT2D eigenvalue weighted by Gasteiger charge is -2.08. The van der Waals surface area contributed by atoms with Gasteiger partial charge in [0.2, 0.25) is 0 Å². The minimum absolute atomic E-state index is 0.135. The third-order valence-corrected chi connectivity index (χ3v) is 2.52. The van der Waals surface area contributed by atoms with Gasteiger partial charge in [0.05, 0.1) is 0 Å². The molecule has 0 radical (unpaired) electrons. The number of para-hydroxylation sites is 1. The summed E-state index contributed by atoms with van der Waals surface area (Å²) in [6, 6.07) is 14.3. The number of anilines is 1. The Kier molecular flexibility index (Phi) is 3.48. The Morgan fingerprint density at radius 1 is 1.11 bits per heavy atom. The second kappa shape index (κ2) is 5.23. The third-order valence-electron chi connectivity index (χ3n) is 2.52. The first-order valence-electron chi connectivity index (χ1n) is 5.51. The van der Waals surface area contributed by atoms with Gasteiger partial charge in [0, 0.05) is 11.3 Å². The van der Waals surface area contributed by atoms with Gasteiger partial charge in [-0.2, -0.15) is 0 Å². The van der Waals surface area contributed by atoms with Gasteiger partial charge >= 0.3 is 5.97 Å². The first-order valence-corrected chi connectivity index (χ1v) is 5.51. The highest BCUT2D eigenvalue weighted by molar-refractivity contribution is 5.76. The topological polar surface area (TPSA) is 69.6 Å². The van der Waals surface area contributed by atoms with E-state index in [1.54, 1.807) is 24.3 Å². The molecule has 3 N–H and O–H groups in total. The second-order valence-corrected chi connectivity index (χ2v) is 3.85. The van der Waals surface area contributed by atoms with Crippen molar-refractivity contribution < 1.29 is 15.0 Å². The quantitative estimate of drug-likeness (QED) is 0.771. The largest absolute Gasteiger partial charge is 0.507 e. The molecule has 0 saturated heterocycles. The van der Waals surface area contributed by atoms with Crippen molar-refractivity contribution in [3.8, 4) is 16.9 Å². The van der Waals surface area contributed by atoms with Crippen LogP contribution in [0.25, 0.3) is 11.1 Å². The van der Waals surface area contributed by atoms with Gasteiger partial charge in [0.1, 0.15) is 12.3 Å². The number of hydrogen-bond acceptors (Lipinski definition) is 3. The summed E-state index contributed by atoms with van der Waals surface area (Å²) >= 11 is 0. The number of phenolic OH excluding ortho intramolecular Hbond substituents is 1. The highest BCUT2D eigenvalue weighted by Crippen LogP contribution is 2.29. The van der Waals surface area contributed by atoms with Crippen molar-refractivity contribution in [2.45, 2.75) is 0 Å². The molecular formula is C14H13NO3. The molecule has 0 spiro atoms. The average Bonchev–Trinajstić information content (AvgIpc) is 2.37. The Bertz CT molecular complexity index is 566. The van der Waals surface area contributed by atoms with E-state index in [9.17, 15) is 9.90 Å². The number of rotatable bonds is 4. The second-order valence-electron chi connectivity index (χ2n) is 3.85. The molecule has 0 aliphatic carbocycles. The molecule has 18 heavy (non-hydrogen) atoms. The van der Waals surface area contributed by atoms with Gasteiger partial charge < -0.3 is 15.5 Å². The zero-order chi connectivity index (χ0) is 13.0. The van der Waals surface area contributed by atoms with E-state index >= 15 is 0 Å². The van der Waals surface area contributed by atoms with E-state index in [0.29, 0.717) is 5.69 Å². The molecular weight excluding hydrogens is 230 g/mol. The molecule has 0 heterocycles. The van der Waals surface area contributed by atoms with Crippen LogP contribution >= 0.6 is 0 Å². The van der Waals surface area contributed by atoms with E-state index in [1.165, 1.54) is 0 Å². The predicted octanol–water partition coefficient (Wildman–Crippen LogP) is 2.56. The first kappa shape index (κ1) is 12.0. The smallest absolute Gasteiger partial charge is 0.322 e. The van der Waals surface area contributed by atoms with E-state index in [1.807, 2.05) is 24.3 Å². The molecule has 4 nitrogen and oxygen atoms in total. The van der Waals surface area contributed by atoms with E-state index in [0.717, 1.165) is 11.1 Å². The molecule has 0 aliphatic rings. The Labute approximate surface area is 105 Å². The highest BCUT2D eigenvalue weighted by atomic mass is 16.4.